The number of hydrogen-bond acceptors (Lipinski definition) is 3. The Bertz CT molecular complexity index is 164. The minimum absolute atomic E-state index is 0.111. The summed E-state index contributed by atoms with van der Waals surface area (Å²) in [5.74, 6) is 0.395. The molecule has 1 aromatic heterocycles. The Morgan fingerprint density at radius 3 is 2.89 bits per heavy atom. The first-order valence-electron chi connectivity index (χ1n) is 2.91. The predicted octanol–water partition coefficient (Wildman–Crippen LogP) is 0.729. The number of aliphatic hydroxyl groups excluding tert-OH is 1. The molecule has 0 bridgehead atoms. The maximum absolute atomic E-state index is 8.49. The van der Waals surface area contributed by atoms with Gasteiger partial charge in [0.05, 0.1) is 5.69 Å². The number of hydrogen-bond donors (Lipinski definition) is 1. The Balaban J connectivity index is 2.74. The molecule has 0 spiro atoms. The third-order valence-corrected chi connectivity index (χ3v) is 1.10. The monoisotopic (exact) mass is 127 g/mol. The molecular weight excluding hydrogens is 118 g/mol. The largest absolute Gasteiger partial charge is 0.446 e. The Morgan fingerprint density at radius 2 is 2.56 bits per heavy atom. The van der Waals surface area contributed by atoms with E-state index in [0.717, 1.165) is 12.1 Å². The molecule has 3 heteroatoms. The van der Waals surface area contributed by atoms with Crippen molar-refractivity contribution in [3.8, 4) is 0 Å². The summed E-state index contributed by atoms with van der Waals surface area (Å²) in [5, 5.41) is 8.49. The average Bonchev–Trinajstić information content (AvgIpc) is 2.34. The lowest BCUT2D eigenvalue weighted by atomic mass is 10.4. The van der Waals surface area contributed by atoms with Gasteiger partial charge in [-0.05, 0) is 6.42 Å². The van der Waals surface area contributed by atoms with E-state index in [1.807, 2.05) is 6.92 Å². The Hall–Kier alpha value is -0.830. The van der Waals surface area contributed by atoms with E-state index < -0.39 is 0 Å². The second-order valence-electron chi connectivity index (χ2n) is 1.74. The molecule has 50 valence electrons. The predicted molar refractivity (Wildman–Crippen MR) is 31.8 cm³/mol. The summed E-state index contributed by atoms with van der Waals surface area (Å²) in [6.45, 7) is 1.87. The molecule has 0 unspecified atom stereocenters. The lowest BCUT2D eigenvalue weighted by Gasteiger charge is -1.80. The first kappa shape index (κ1) is 6.29. The van der Waals surface area contributed by atoms with Crippen LogP contribution in [0.15, 0.2) is 10.7 Å². The summed E-state index contributed by atoms with van der Waals surface area (Å²) in [5.41, 5.74) is 0.888. The quantitative estimate of drug-likeness (QED) is 0.637. The molecule has 1 N–H and O–H groups in total. The molecule has 9 heavy (non-hydrogen) atoms. The van der Waals surface area contributed by atoms with Crippen molar-refractivity contribution < 1.29 is 9.52 Å². The zero-order valence-electron chi connectivity index (χ0n) is 5.29. The van der Waals surface area contributed by atoms with Crippen molar-refractivity contribution in [1.82, 2.24) is 4.98 Å². The number of aliphatic hydroxyl groups is 1. The lowest BCUT2D eigenvalue weighted by Crippen LogP contribution is -1.83. The second-order valence-corrected chi connectivity index (χ2v) is 1.74. The Kier molecular flexibility index (Phi) is 1.85. The zero-order valence-corrected chi connectivity index (χ0v) is 5.29. The summed E-state index contributed by atoms with van der Waals surface area (Å²) in [7, 11) is 0. The summed E-state index contributed by atoms with van der Waals surface area (Å²) in [4.78, 5) is 3.93. The molecule has 0 fully saturated rings. The molecule has 0 saturated carbocycles. The number of aryl methyl sites for hydroxylation is 1. The third kappa shape index (κ3) is 1.29. The van der Waals surface area contributed by atoms with Gasteiger partial charge in [-0.3, -0.25) is 0 Å². The molecule has 0 saturated heterocycles. The Morgan fingerprint density at radius 1 is 1.78 bits per heavy atom. The van der Waals surface area contributed by atoms with E-state index in [1.165, 1.54) is 0 Å². The molecule has 0 aromatic carbocycles. The Labute approximate surface area is 53.3 Å². The molecule has 0 aliphatic carbocycles. The molecule has 1 heterocycles. The number of aromatic nitrogens is 1. The molecule has 0 radical (unpaired) electrons. The summed E-state index contributed by atoms with van der Waals surface area (Å²) in [6, 6.07) is 0. The molecule has 0 atom stereocenters. The van der Waals surface area contributed by atoms with E-state index in [-0.39, 0.29) is 6.61 Å². The number of oxazole rings is 1. The van der Waals surface area contributed by atoms with Crippen LogP contribution in [0.3, 0.4) is 0 Å². The molecular formula is C6H9NO2. The highest BCUT2D eigenvalue weighted by Crippen LogP contribution is 2.00. The van der Waals surface area contributed by atoms with Crippen LogP contribution < -0.4 is 0 Å². The minimum atomic E-state index is -0.111. The SMILES string of the molecule is CCc1coc(CO)n1. The maximum Gasteiger partial charge on any atom is 0.219 e. The fourth-order valence-electron chi connectivity index (χ4n) is 0.584. The van der Waals surface area contributed by atoms with Gasteiger partial charge in [0.15, 0.2) is 0 Å². The van der Waals surface area contributed by atoms with E-state index in [9.17, 15) is 0 Å². The molecule has 1 aromatic rings. The van der Waals surface area contributed by atoms with Gasteiger partial charge in [0, 0.05) is 0 Å². The normalized spacial score (nSPS) is 10.0. The topological polar surface area (TPSA) is 46.3 Å². The van der Waals surface area contributed by atoms with Crippen LogP contribution in [0, 0.1) is 0 Å². The van der Waals surface area contributed by atoms with E-state index >= 15 is 0 Å². The van der Waals surface area contributed by atoms with E-state index in [0.29, 0.717) is 5.89 Å². The van der Waals surface area contributed by atoms with E-state index in [4.69, 9.17) is 9.52 Å². The highest BCUT2D eigenvalue weighted by molar-refractivity contribution is 4.94. The van der Waals surface area contributed by atoms with Crippen molar-refractivity contribution in [2.45, 2.75) is 20.0 Å². The second kappa shape index (κ2) is 2.64. The van der Waals surface area contributed by atoms with Crippen LogP contribution in [0.25, 0.3) is 0 Å². The van der Waals surface area contributed by atoms with E-state index in [2.05, 4.69) is 4.98 Å². The van der Waals surface area contributed by atoms with Gasteiger partial charge < -0.3 is 9.52 Å². The summed E-state index contributed by atoms with van der Waals surface area (Å²) >= 11 is 0. The fraction of sp³-hybridized carbons (Fsp3) is 0.500. The van der Waals surface area contributed by atoms with Crippen molar-refractivity contribution in [3.63, 3.8) is 0 Å². The van der Waals surface area contributed by atoms with Crippen LogP contribution in [0.4, 0.5) is 0 Å². The van der Waals surface area contributed by atoms with Gasteiger partial charge in [-0.1, -0.05) is 6.92 Å². The maximum atomic E-state index is 8.49. The smallest absolute Gasteiger partial charge is 0.219 e. The van der Waals surface area contributed by atoms with Crippen molar-refractivity contribution in [3.05, 3.63) is 17.8 Å². The van der Waals surface area contributed by atoms with Crippen LogP contribution in [0.2, 0.25) is 0 Å². The van der Waals surface area contributed by atoms with Gasteiger partial charge in [0.2, 0.25) is 5.89 Å². The van der Waals surface area contributed by atoms with Crippen LogP contribution in [0.1, 0.15) is 18.5 Å². The van der Waals surface area contributed by atoms with Crippen molar-refractivity contribution in [2.75, 3.05) is 0 Å². The average molecular weight is 127 g/mol. The van der Waals surface area contributed by atoms with Gasteiger partial charge in [0.25, 0.3) is 0 Å². The minimum Gasteiger partial charge on any atom is -0.446 e. The van der Waals surface area contributed by atoms with Crippen LogP contribution in [0.5, 0.6) is 0 Å². The van der Waals surface area contributed by atoms with Crippen molar-refractivity contribution in [1.29, 1.82) is 0 Å². The van der Waals surface area contributed by atoms with Crippen molar-refractivity contribution >= 4 is 0 Å². The number of nitrogens with zero attached hydrogens (tertiary/aromatic N) is 1. The highest BCUT2D eigenvalue weighted by Gasteiger charge is 1.97. The molecule has 3 nitrogen and oxygen atoms in total. The third-order valence-electron chi connectivity index (χ3n) is 1.10. The fourth-order valence-corrected chi connectivity index (χ4v) is 0.584. The van der Waals surface area contributed by atoms with Gasteiger partial charge in [0.1, 0.15) is 12.9 Å². The first-order chi connectivity index (χ1) is 4.36. The highest BCUT2D eigenvalue weighted by atomic mass is 16.4. The molecule has 0 aliphatic rings. The van der Waals surface area contributed by atoms with Gasteiger partial charge in [-0.25, -0.2) is 4.98 Å². The molecule has 0 amide bonds. The van der Waals surface area contributed by atoms with Gasteiger partial charge >= 0.3 is 0 Å². The number of rotatable bonds is 2. The van der Waals surface area contributed by atoms with Crippen molar-refractivity contribution in [2.24, 2.45) is 0 Å². The van der Waals surface area contributed by atoms with Crippen LogP contribution in [-0.2, 0) is 13.0 Å². The van der Waals surface area contributed by atoms with E-state index in [1.54, 1.807) is 6.26 Å². The molecule has 0 aliphatic heterocycles. The standard InChI is InChI=1S/C6H9NO2/c1-2-5-4-9-6(3-8)7-5/h4,8H,2-3H2,1H3. The zero-order chi connectivity index (χ0) is 6.69. The van der Waals surface area contributed by atoms with Gasteiger partial charge in [-0.15, -0.1) is 0 Å². The first-order valence-corrected chi connectivity index (χ1v) is 2.91. The van der Waals surface area contributed by atoms with Crippen LogP contribution >= 0.6 is 0 Å². The van der Waals surface area contributed by atoms with Gasteiger partial charge in [-0.2, -0.15) is 0 Å². The van der Waals surface area contributed by atoms with Crippen LogP contribution in [-0.4, -0.2) is 10.1 Å². The summed E-state index contributed by atoms with van der Waals surface area (Å²) < 4.78 is 4.84. The lowest BCUT2D eigenvalue weighted by molar-refractivity contribution is 0.240. The molecule has 1 rings (SSSR count). The summed E-state index contributed by atoms with van der Waals surface area (Å²) in [6.07, 6.45) is 2.41.